The smallest absolute Gasteiger partial charge is 0.155 e. The predicted molar refractivity (Wildman–Crippen MR) is 39.2 cm³/mol. The van der Waals surface area contributed by atoms with Crippen LogP contribution in [0.3, 0.4) is 0 Å². The van der Waals surface area contributed by atoms with E-state index in [9.17, 15) is 4.79 Å². The summed E-state index contributed by atoms with van der Waals surface area (Å²) in [6, 6.07) is 0. The molecular weight excluding hydrogens is 166 g/mol. The second-order valence-electron chi connectivity index (χ2n) is 2.71. The summed E-state index contributed by atoms with van der Waals surface area (Å²) in [5, 5.41) is 0. The fraction of sp³-hybridized carbons (Fsp3) is 0.857. The lowest BCUT2D eigenvalue weighted by molar-refractivity contribution is -0.858. The van der Waals surface area contributed by atoms with Crippen LogP contribution in [0.2, 0.25) is 0 Å². The number of carbonyl (C=O) groups is 1. The largest absolute Gasteiger partial charge is 1.00 e. The van der Waals surface area contributed by atoms with E-state index in [1.807, 2.05) is 0 Å². The monoisotopic (exact) mass is 181 g/mol. The molecule has 11 heavy (non-hydrogen) atoms. The topological polar surface area (TPSA) is 30.7 Å². The number of carbonyl (C=O) groups excluding carboxylic acids is 1. The molecular formula is C7H16ClNO2. The number of ether oxygens (including phenoxy) is 1. The molecule has 68 valence electrons. The lowest BCUT2D eigenvalue weighted by Crippen LogP contribution is -3.06. The zero-order valence-electron chi connectivity index (χ0n) is 7.32. The molecule has 0 saturated heterocycles. The van der Waals surface area contributed by atoms with Gasteiger partial charge in [0.05, 0.1) is 20.7 Å². The van der Waals surface area contributed by atoms with Crippen molar-refractivity contribution in [3.05, 3.63) is 0 Å². The van der Waals surface area contributed by atoms with Gasteiger partial charge in [-0.15, -0.1) is 0 Å². The number of quaternary nitrogens is 1. The first-order chi connectivity index (χ1) is 4.63. The summed E-state index contributed by atoms with van der Waals surface area (Å²) < 4.78 is 5.04. The van der Waals surface area contributed by atoms with Gasteiger partial charge in [-0.3, -0.25) is 4.79 Å². The van der Waals surface area contributed by atoms with Crippen LogP contribution in [0.1, 0.15) is 6.92 Å². The Labute approximate surface area is 74.1 Å². The second kappa shape index (κ2) is 7.98. The first kappa shape index (κ1) is 13.5. The maximum Gasteiger partial charge on any atom is 0.155 e. The fourth-order valence-electron chi connectivity index (χ4n) is 0.492. The number of likely N-dealkylation sites (N-methyl/N-ethyl adjacent to an activating group) is 1. The summed E-state index contributed by atoms with van der Waals surface area (Å²) in [6.07, 6.45) is 0. The minimum atomic E-state index is 0. The Balaban J connectivity index is 0. The molecule has 0 spiro atoms. The molecule has 0 saturated carbocycles. The van der Waals surface area contributed by atoms with Crippen molar-refractivity contribution in [2.45, 2.75) is 6.92 Å². The third-order valence-electron chi connectivity index (χ3n) is 1.05. The van der Waals surface area contributed by atoms with Gasteiger partial charge in [0.15, 0.2) is 5.78 Å². The average molecular weight is 182 g/mol. The van der Waals surface area contributed by atoms with E-state index < -0.39 is 0 Å². The first-order valence-corrected chi connectivity index (χ1v) is 3.49. The molecule has 0 rings (SSSR count). The van der Waals surface area contributed by atoms with E-state index >= 15 is 0 Å². The molecule has 0 aliphatic heterocycles. The molecule has 0 atom stereocenters. The Morgan fingerprint density at radius 1 is 1.45 bits per heavy atom. The van der Waals surface area contributed by atoms with Gasteiger partial charge in [0, 0.05) is 0 Å². The van der Waals surface area contributed by atoms with Crippen molar-refractivity contribution in [1.29, 1.82) is 0 Å². The summed E-state index contributed by atoms with van der Waals surface area (Å²) in [7, 11) is 4.11. The standard InChI is InChI=1S/C7H15NO2.ClH/c1-7(9)6-10-5-4-8(2)3;/h4-6H2,1-3H3;1H. The van der Waals surface area contributed by atoms with Gasteiger partial charge in [-0.2, -0.15) is 0 Å². The number of nitrogens with one attached hydrogen (secondary N) is 1. The molecule has 0 aliphatic carbocycles. The molecule has 0 radical (unpaired) electrons. The maximum absolute atomic E-state index is 10.4. The second-order valence-corrected chi connectivity index (χ2v) is 2.71. The van der Waals surface area contributed by atoms with Crippen molar-refractivity contribution < 1.29 is 26.8 Å². The summed E-state index contributed by atoms with van der Waals surface area (Å²) >= 11 is 0. The van der Waals surface area contributed by atoms with Crippen molar-refractivity contribution in [3.63, 3.8) is 0 Å². The van der Waals surface area contributed by atoms with Gasteiger partial charge in [0.25, 0.3) is 0 Å². The van der Waals surface area contributed by atoms with Gasteiger partial charge in [0.2, 0.25) is 0 Å². The Hall–Kier alpha value is -0.120. The molecule has 0 unspecified atom stereocenters. The summed E-state index contributed by atoms with van der Waals surface area (Å²) in [5.41, 5.74) is 0. The molecule has 0 aromatic heterocycles. The molecule has 0 aromatic rings. The van der Waals surface area contributed by atoms with Crippen LogP contribution in [-0.2, 0) is 9.53 Å². The number of Topliss-reactive ketones (excluding diaryl/α,β-unsaturated/α-hetero) is 1. The van der Waals surface area contributed by atoms with E-state index in [4.69, 9.17) is 4.74 Å². The summed E-state index contributed by atoms with van der Waals surface area (Å²) in [5.74, 6) is 0.0914. The minimum Gasteiger partial charge on any atom is -1.00 e. The number of halogens is 1. The van der Waals surface area contributed by atoms with Crippen LogP contribution in [0, 0.1) is 0 Å². The molecule has 3 nitrogen and oxygen atoms in total. The number of hydrogen-bond acceptors (Lipinski definition) is 2. The van der Waals surface area contributed by atoms with E-state index in [0.29, 0.717) is 6.61 Å². The molecule has 0 aromatic carbocycles. The SMILES string of the molecule is CC(=O)COCC[NH+](C)C.[Cl-]. The van der Waals surface area contributed by atoms with E-state index in [1.165, 1.54) is 11.8 Å². The lowest BCUT2D eigenvalue weighted by Gasteiger charge is -2.05. The predicted octanol–water partition coefficient (Wildman–Crippen LogP) is -4.26. The van der Waals surface area contributed by atoms with Crippen molar-refractivity contribution in [2.75, 3.05) is 33.9 Å². The van der Waals surface area contributed by atoms with Gasteiger partial charge < -0.3 is 22.0 Å². The van der Waals surface area contributed by atoms with E-state index in [2.05, 4.69) is 14.1 Å². The quantitative estimate of drug-likeness (QED) is 0.436. The summed E-state index contributed by atoms with van der Waals surface area (Å²) in [6.45, 7) is 3.41. The molecule has 4 heteroatoms. The minimum absolute atomic E-state index is 0. The van der Waals surface area contributed by atoms with Crippen LogP contribution >= 0.6 is 0 Å². The maximum atomic E-state index is 10.4. The number of hydrogen-bond donors (Lipinski definition) is 1. The van der Waals surface area contributed by atoms with Gasteiger partial charge in [0.1, 0.15) is 13.2 Å². The zero-order valence-corrected chi connectivity index (χ0v) is 8.07. The third kappa shape index (κ3) is 13.0. The molecule has 0 amide bonds. The Morgan fingerprint density at radius 2 is 2.00 bits per heavy atom. The van der Waals surface area contributed by atoms with Gasteiger partial charge in [-0.05, 0) is 6.92 Å². The first-order valence-electron chi connectivity index (χ1n) is 3.49. The molecule has 1 N–H and O–H groups in total. The van der Waals surface area contributed by atoms with E-state index in [-0.39, 0.29) is 24.8 Å². The van der Waals surface area contributed by atoms with E-state index in [1.54, 1.807) is 0 Å². The average Bonchev–Trinajstić information content (AvgIpc) is 1.79. The Bertz CT molecular complexity index is 107. The van der Waals surface area contributed by atoms with Crippen LogP contribution in [0.4, 0.5) is 0 Å². The zero-order chi connectivity index (χ0) is 7.98. The van der Waals surface area contributed by atoms with E-state index in [0.717, 1.165) is 6.54 Å². The van der Waals surface area contributed by atoms with Crippen LogP contribution in [0.5, 0.6) is 0 Å². The molecule has 0 fully saturated rings. The summed E-state index contributed by atoms with van der Waals surface area (Å²) in [4.78, 5) is 11.7. The van der Waals surface area contributed by atoms with Gasteiger partial charge in [-0.25, -0.2) is 0 Å². The Morgan fingerprint density at radius 3 is 2.36 bits per heavy atom. The highest BCUT2D eigenvalue weighted by molar-refractivity contribution is 5.76. The normalized spacial score (nSPS) is 9.45. The van der Waals surface area contributed by atoms with Crippen molar-refractivity contribution in [2.24, 2.45) is 0 Å². The third-order valence-corrected chi connectivity index (χ3v) is 1.05. The Kier molecular flexibility index (Phi) is 9.77. The molecule has 0 heterocycles. The van der Waals surface area contributed by atoms with Crippen LogP contribution < -0.4 is 17.3 Å². The molecule has 0 aliphatic rings. The highest BCUT2D eigenvalue weighted by atomic mass is 35.5. The van der Waals surface area contributed by atoms with Crippen LogP contribution in [-0.4, -0.2) is 39.6 Å². The van der Waals surface area contributed by atoms with Crippen LogP contribution in [0.15, 0.2) is 0 Å². The van der Waals surface area contributed by atoms with Gasteiger partial charge in [-0.1, -0.05) is 0 Å². The van der Waals surface area contributed by atoms with Crippen LogP contribution in [0.25, 0.3) is 0 Å². The van der Waals surface area contributed by atoms with Crippen molar-refractivity contribution >= 4 is 5.78 Å². The van der Waals surface area contributed by atoms with Crippen molar-refractivity contribution in [1.82, 2.24) is 0 Å². The number of rotatable bonds is 5. The fourth-order valence-corrected chi connectivity index (χ4v) is 0.492. The van der Waals surface area contributed by atoms with Crippen molar-refractivity contribution in [3.8, 4) is 0 Å². The highest BCUT2D eigenvalue weighted by Gasteiger charge is 1.95. The molecule has 0 bridgehead atoms. The lowest BCUT2D eigenvalue weighted by atomic mass is 10.5. The highest BCUT2D eigenvalue weighted by Crippen LogP contribution is 1.72. The van der Waals surface area contributed by atoms with Gasteiger partial charge >= 0.3 is 0 Å². The number of ketones is 1.